The molecule has 0 saturated heterocycles. The lowest BCUT2D eigenvalue weighted by Gasteiger charge is -2.20. The first kappa shape index (κ1) is 17.1. The largest absolute Gasteiger partial charge is 0.416 e. The van der Waals surface area contributed by atoms with Crippen molar-refractivity contribution in [3.63, 3.8) is 0 Å². The summed E-state index contributed by atoms with van der Waals surface area (Å²) in [5.74, 6) is 0.533. The van der Waals surface area contributed by atoms with Crippen LogP contribution in [0, 0.1) is 0 Å². The Balaban J connectivity index is 1.91. The van der Waals surface area contributed by atoms with E-state index in [0.717, 1.165) is 12.1 Å². The molecular weight excluding hydrogens is 331 g/mol. The molecule has 0 unspecified atom stereocenters. The lowest BCUT2D eigenvalue weighted by Crippen LogP contribution is -2.24. The third kappa shape index (κ3) is 3.85. The molecule has 0 aliphatic heterocycles. The third-order valence-corrected chi connectivity index (χ3v) is 3.75. The van der Waals surface area contributed by atoms with Crippen LogP contribution in [0.25, 0.3) is 11.0 Å². The summed E-state index contributed by atoms with van der Waals surface area (Å²) < 4.78 is 38.2. The highest BCUT2D eigenvalue weighted by Crippen LogP contribution is 2.30. The van der Waals surface area contributed by atoms with Gasteiger partial charge in [-0.25, -0.2) is 9.97 Å². The Labute approximate surface area is 142 Å². The number of hydrogen-bond acceptors (Lipinski definition) is 5. The van der Waals surface area contributed by atoms with Crippen molar-refractivity contribution in [1.82, 2.24) is 20.3 Å². The van der Waals surface area contributed by atoms with E-state index in [1.54, 1.807) is 19.3 Å². The number of benzene rings is 1. The van der Waals surface area contributed by atoms with E-state index in [0.29, 0.717) is 29.0 Å². The van der Waals surface area contributed by atoms with Crippen molar-refractivity contribution in [2.75, 3.05) is 18.9 Å². The first-order valence-electron chi connectivity index (χ1n) is 7.63. The molecule has 3 aromatic rings. The summed E-state index contributed by atoms with van der Waals surface area (Å²) >= 11 is 0. The number of aromatic nitrogens is 3. The van der Waals surface area contributed by atoms with Crippen LogP contribution >= 0.6 is 0 Å². The van der Waals surface area contributed by atoms with E-state index in [4.69, 9.17) is 0 Å². The van der Waals surface area contributed by atoms with Gasteiger partial charge in [0, 0.05) is 12.7 Å². The van der Waals surface area contributed by atoms with Crippen molar-refractivity contribution >= 4 is 16.9 Å². The van der Waals surface area contributed by atoms with Gasteiger partial charge in [0.2, 0.25) is 0 Å². The summed E-state index contributed by atoms with van der Waals surface area (Å²) in [7, 11) is 1.77. The van der Waals surface area contributed by atoms with Crippen LogP contribution in [-0.4, -0.2) is 28.5 Å². The highest BCUT2D eigenvalue weighted by Gasteiger charge is 2.30. The average Bonchev–Trinajstić information content (AvgIpc) is 2.61. The molecule has 5 nitrogen and oxygen atoms in total. The van der Waals surface area contributed by atoms with Gasteiger partial charge < -0.3 is 10.6 Å². The minimum atomic E-state index is -4.35. The molecule has 2 aromatic heterocycles. The fourth-order valence-corrected chi connectivity index (χ4v) is 2.52. The molecule has 130 valence electrons. The minimum Gasteiger partial charge on any atom is -0.360 e. The number of halogens is 3. The Hall–Kier alpha value is -2.74. The summed E-state index contributed by atoms with van der Waals surface area (Å²) in [4.78, 5) is 12.6. The predicted molar refractivity (Wildman–Crippen MR) is 89.1 cm³/mol. The Morgan fingerprint density at radius 1 is 1.04 bits per heavy atom. The smallest absolute Gasteiger partial charge is 0.360 e. The van der Waals surface area contributed by atoms with Gasteiger partial charge >= 0.3 is 6.18 Å². The van der Waals surface area contributed by atoms with Crippen molar-refractivity contribution < 1.29 is 13.2 Å². The van der Waals surface area contributed by atoms with E-state index in [2.05, 4.69) is 25.6 Å². The number of nitrogens with one attached hydrogen (secondary N) is 2. The van der Waals surface area contributed by atoms with Crippen molar-refractivity contribution in [2.24, 2.45) is 0 Å². The summed E-state index contributed by atoms with van der Waals surface area (Å²) in [6.45, 7) is 0.504. The molecule has 1 aromatic carbocycles. The summed E-state index contributed by atoms with van der Waals surface area (Å²) in [5.41, 5.74) is 1.34. The van der Waals surface area contributed by atoms with E-state index >= 15 is 0 Å². The topological polar surface area (TPSA) is 62.7 Å². The molecule has 0 fully saturated rings. The van der Waals surface area contributed by atoms with E-state index in [9.17, 15) is 13.2 Å². The van der Waals surface area contributed by atoms with Crippen molar-refractivity contribution in [1.29, 1.82) is 0 Å². The highest BCUT2D eigenvalue weighted by atomic mass is 19.4. The summed E-state index contributed by atoms with van der Waals surface area (Å²) in [6.07, 6.45) is -1.28. The minimum absolute atomic E-state index is 0.271. The summed E-state index contributed by atoms with van der Waals surface area (Å²) in [5, 5.41) is 6.27. The fourth-order valence-electron chi connectivity index (χ4n) is 2.52. The molecule has 0 aliphatic carbocycles. The maximum atomic E-state index is 12.7. The molecule has 25 heavy (non-hydrogen) atoms. The molecule has 2 N–H and O–H groups in total. The standard InChI is InChI=1S/C17H16F3N5/c1-21-9-14(11-4-6-12(7-5-11)17(18,19)20)25-16-15-13(23-10-24-16)3-2-8-22-15/h2-8,10,14,21H,9H2,1H3,(H,23,24,25)/t14-/m1/s1. The van der Waals surface area contributed by atoms with Crippen molar-refractivity contribution in [3.05, 3.63) is 60.0 Å². The second-order valence-corrected chi connectivity index (χ2v) is 5.47. The number of pyridine rings is 1. The Bertz CT molecular complexity index is 844. The van der Waals surface area contributed by atoms with Gasteiger partial charge in [-0.3, -0.25) is 4.98 Å². The third-order valence-electron chi connectivity index (χ3n) is 3.75. The van der Waals surface area contributed by atoms with Gasteiger partial charge in [-0.1, -0.05) is 12.1 Å². The quantitative estimate of drug-likeness (QED) is 0.740. The zero-order valence-electron chi connectivity index (χ0n) is 13.4. The molecule has 0 spiro atoms. The second-order valence-electron chi connectivity index (χ2n) is 5.47. The van der Waals surface area contributed by atoms with Crippen LogP contribution in [0.4, 0.5) is 19.0 Å². The normalized spacial score (nSPS) is 13.0. The number of alkyl halides is 3. The number of nitrogens with zero attached hydrogens (tertiary/aromatic N) is 3. The van der Waals surface area contributed by atoms with E-state index in [1.165, 1.54) is 18.5 Å². The first-order valence-corrected chi connectivity index (χ1v) is 7.63. The molecule has 0 amide bonds. The van der Waals surface area contributed by atoms with Crippen LogP contribution in [0.1, 0.15) is 17.2 Å². The van der Waals surface area contributed by atoms with Gasteiger partial charge in [0.1, 0.15) is 11.8 Å². The number of fused-ring (bicyclic) bond motifs is 1. The van der Waals surface area contributed by atoms with Crippen LogP contribution in [0.2, 0.25) is 0 Å². The lowest BCUT2D eigenvalue weighted by molar-refractivity contribution is -0.137. The van der Waals surface area contributed by atoms with Crippen LogP contribution in [0.3, 0.4) is 0 Å². The highest BCUT2D eigenvalue weighted by molar-refractivity contribution is 5.84. The van der Waals surface area contributed by atoms with Gasteiger partial charge in [0.25, 0.3) is 0 Å². The molecular formula is C17H16F3N5. The zero-order valence-corrected chi connectivity index (χ0v) is 13.4. The number of anilines is 1. The Morgan fingerprint density at radius 2 is 1.80 bits per heavy atom. The molecule has 2 heterocycles. The molecule has 0 saturated carbocycles. The van der Waals surface area contributed by atoms with E-state index < -0.39 is 11.7 Å². The molecule has 3 rings (SSSR count). The van der Waals surface area contributed by atoms with Crippen LogP contribution in [0.5, 0.6) is 0 Å². The molecule has 8 heteroatoms. The maximum absolute atomic E-state index is 12.7. The summed E-state index contributed by atoms with van der Waals surface area (Å²) in [6, 6.07) is 8.42. The predicted octanol–water partition coefficient (Wildman–Crippen LogP) is 3.42. The van der Waals surface area contributed by atoms with Gasteiger partial charge in [0.05, 0.1) is 17.1 Å². The van der Waals surface area contributed by atoms with Gasteiger partial charge in [-0.15, -0.1) is 0 Å². The second kappa shape index (κ2) is 7.02. The van der Waals surface area contributed by atoms with Gasteiger partial charge in [0.15, 0.2) is 5.82 Å². The zero-order chi connectivity index (χ0) is 17.9. The fraction of sp³-hybridized carbons (Fsp3) is 0.235. The Morgan fingerprint density at radius 3 is 2.48 bits per heavy atom. The SMILES string of the molecule is CNC[C@@H](Nc1ncnc2cccnc12)c1ccc(C(F)(F)F)cc1. The van der Waals surface area contributed by atoms with Crippen LogP contribution in [-0.2, 0) is 6.18 Å². The van der Waals surface area contributed by atoms with E-state index in [-0.39, 0.29) is 6.04 Å². The number of likely N-dealkylation sites (N-methyl/N-ethyl adjacent to an activating group) is 1. The van der Waals surface area contributed by atoms with E-state index in [1.807, 2.05) is 6.07 Å². The Kier molecular flexibility index (Phi) is 4.80. The monoisotopic (exact) mass is 347 g/mol. The lowest BCUT2D eigenvalue weighted by atomic mass is 10.0. The molecule has 0 aliphatic rings. The van der Waals surface area contributed by atoms with Crippen LogP contribution < -0.4 is 10.6 Å². The first-order chi connectivity index (χ1) is 12.0. The molecule has 0 bridgehead atoms. The van der Waals surface area contributed by atoms with Crippen molar-refractivity contribution in [3.8, 4) is 0 Å². The van der Waals surface area contributed by atoms with Gasteiger partial charge in [-0.2, -0.15) is 13.2 Å². The van der Waals surface area contributed by atoms with Gasteiger partial charge in [-0.05, 0) is 36.9 Å². The van der Waals surface area contributed by atoms with Crippen molar-refractivity contribution in [2.45, 2.75) is 12.2 Å². The molecule has 0 radical (unpaired) electrons. The molecule has 1 atom stereocenters. The maximum Gasteiger partial charge on any atom is 0.416 e. The average molecular weight is 347 g/mol. The number of rotatable bonds is 5. The van der Waals surface area contributed by atoms with Crippen LogP contribution in [0.15, 0.2) is 48.9 Å². The number of hydrogen-bond donors (Lipinski definition) is 2.